The van der Waals surface area contributed by atoms with Gasteiger partial charge in [-0.3, -0.25) is 4.79 Å². The van der Waals surface area contributed by atoms with Crippen LogP contribution in [0.4, 0.5) is 10.1 Å². The van der Waals surface area contributed by atoms with Crippen LogP contribution in [0.3, 0.4) is 0 Å². The van der Waals surface area contributed by atoms with E-state index >= 15 is 0 Å². The first-order chi connectivity index (χ1) is 13.1. The number of carbonyl (C=O) groups is 1. The second kappa shape index (κ2) is 9.62. The van der Waals surface area contributed by atoms with Gasteiger partial charge in [0.05, 0.1) is 4.58 Å². The van der Waals surface area contributed by atoms with Gasteiger partial charge in [-0.1, -0.05) is 30.3 Å². The zero-order valence-corrected chi connectivity index (χ0v) is 16.5. The molecule has 5 heteroatoms. The Hall–Kier alpha value is -2.24. The molecule has 0 aromatic heterocycles. The molecule has 27 heavy (non-hydrogen) atoms. The quantitative estimate of drug-likeness (QED) is 0.371. The van der Waals surface area contributed by atoms with Crippen molar-refractivity contribution >= 4 is 35.1 Å². The molecule has 0 radical (unpaired) electrons. The van der Waals surface area contributed by atoms with Crippen LogP contribution >= 0.6 is 23.5 Å². The summed E-state index contributed by atoms with van der Waals surface area (Å²) in [5, 5.41) is 2.97. The highest BCUT2D eigenvalue weighted by molar-refractivity contribution is 8.17. The third-order valence-electron chi connectivity index (χ3n) is 3.75. The highest BCUT2D eigenvalue weighted by atomic mass is 32.2. The van der Waals surface area contributed by atoms with Crippen LogP contribution in [0, 0.1) is 12.7 Å². The van der Waals surface area contributed by atoms with Gasteiger partial charge in [-0.25, -0.2) is 4.39 Å². The summed E-state index contributed by atoms with van der Waals surface area (Å²) in [6.45, 7) is 1.99. The molecule has 2 nitrogen and oxygen atoms in total. The number of hydrogen-bond donors (Lipinski definition) is 1. The van der Waals surface area contributed by atoms with Crippen molar-refractivity contribution in [1.82, 2.24) is 0 Å². The lowest BCUT2D eigenvalue weighted by Crippen LogP contribution is -2.16. The summed E-state index contributed by atoms with van der Waals surface area (Å²) in [5.74, 6) is -0.299. The average molecular weight is 398 g/mol. The molecule has 0 bridgehead atoms. The van der Waals surface area contributed by atoms with E-state index in [0.29, 0.717) is 6.42 Å². The standard InChI is InChI=1S/C22H20FNOS2/c1-16-6-5-7-18(14-16)24-21(25)15-22(26-19-8-3-2-4-9-19)27-20-12-10-17(23)11-13-20/h2-14,22H,15H2,1H3,(H,24,25). The fourth-order valence-electron chi connectivity index (χ4n) is 2.51. The average Bonchev–Trinajstić information content (AvgIpc) is 2.64. The van der Waals surface area contributed by atoms with Crippen molar-refractivity contribution < 1.29 is 9.18 Å². The second-order valence-electron chi connectivity index (χ2n) is 6.05. The van der Waals surface area contributed by atoms with E-state index in [0.717, 1.165) is 21.0 Å². The molecule has 0 fully saturated rings. The Morgan fingerprint density at radius 3 is 2.26 bits per heavy atom. The van der Waals surface area contributed by atoms with Gasteiger partial charge in [0.2, 0.25) is 5.91 Å². The molecule has 0 saturated carbocycles. The first-order valence-corrected chi connectivity index (χ1v) is 10.3. The maximum absolute atomic E-state index is 13.2. The van der Waals surface area contributed by atoms with Crippen LogP contribution in [0.25, 0.3) is 0 Å². The number of anilines is 1. The fraction of sp³-hybridized carbons (Fsp3) is 0.136. The van der Waals surface area contributed by atoms with Crippen molar-refractivity contribution in [3.8, 4) is 0 Å². The van der Waals surface area contributed by atoms with E-state index in [9.17, 15) is 9.18 Å². The maximum atomic E-state index is 13.2. The van der Waals surface area contributed by atoms with Gasteiger partial charge < -0.3 is 5.32 Å². The lowest BCUT2D eigenvalue weighted by molar-refractivity contribution is -0.115. The lowest BCUT2D eigenvalue weighted by Gasteiger charge is -2.16. The minimum absolute atomic E-state index is 0.0253. The first kappa shape index (κ1) is 19.5. The van der Waals surface area contributed by atoms with E-state index in [1.165, 1.54) is 12.1 Å². The SMILES string of the molecule is Cc1cccc(NC(=O)CC(Sc2ccccc2)Sc2ccc(F)cc2)c1. The van der Waals surface area contributed by atoms with Gasteiger partial charge in [-0.2, -0.15) is 0 Å². The molecule has 0 spiro atoms. The lowest BCUT2D eigenvalue weighted by atomic mass is 10.2. The van der Waals surface area contributed by atoms with Gasteiger partial charge in [-0.05, 0) is 61.0 Å². The summed E-state index contributed by atoms with van der Waals surface area (Å²) in [6, 6.07) is 24.1. The molecule has 0 aliphatic heterocycles. The summed E-state index contributed by atoms with van der Waals surface area (Å²) in [4.78, 5) is 14.6. The highest BCUT2D eigenvalue weighted by Crippen LogP contribution is 2.37. The third kappa shape index (κ3) is 6.45. The van der Waals surface area contributed by atoms with Crippen molar-refractivity contribution in [2.24, 2.45) is 0 Å². The van der Waals surface area contributed by atoms with Crippen molar-refractivity contribution in [2.45, 2.75) is 27.7 Å². The number of hydrogen-bond acceptors (Lipinski definition) is 3. The monoisotopic (exact) mass is 397 g/mol. The number of halogens is 1. The van der Waals surface area contributed by atoms with Crippen LogP contribution in [-0.2, 0) is 4.79 Å². The van der Waals surface area contributed by atoms with Gasteiger partial charge >= 0.3 is 0 Å². The first-order valence-electron chi connectivity index (χ1n) is 8.59. The number of benzene rings is 3. The van der Waals surface area contributed by atoms with Gasteiger partial charge in [0.1, 0.15) is 5.82 Å². The fourth-order valence-corrected chi connectivity index (χ4v) is 5.05. The van der Waals surface area contributed by atoms with E-state index in [1.807, 2.05) is 61.5 Å². The Morgan fingerprint density at radius 2 is 1.59 bits per heavy atom. The minimum atomic E-state index is -0.260. The van der Waals surface area contributed by atoms with E-state index < -0.39 is 0 Å². The van der Waals surface area contributed by atoms with Gasteiger partial charge in [0.15, 0.2) is 0 Å². The molecular formula is C22H20FNOS2. The molecule has 3 aromatic carbocycles. The van der Waals surface area contributed by atoms with E-state index in [4.69, 9.17) is 0 Å². The second-order valence-corrected chi connectivity index (χ2v) is 8.90. The Morgan fingerprint density at radius 1 is 0.926 bits per heavy atom. The molecule has 3 rings (SSSR count). The molecular weight excluding hydrogens is 377 g/mol. The van der Waals surface area contributed by atoms with Crippen LogP contribution < -0.4 is 5.32 Å². The number of rotatable bonds is 7. The molecule has 138 valence electrons. The van der Waals surface area contributed by atoms with E-state index in [2.05, 4.69) is 5.32 Å². The van der Waals surface area contributed by atoms with Crippen LogP contribution in [-0.4, -0.2) is 10.5 Å². The summed E-state index contributed by atoms with van der Waals surface area (Å²) in [6.07, 6.45) is 0.343. The van der Waals surface area contributed by atoms with Crippen molar-refractivity contribution in [3.05, 3.63) is 90.2 Å². The number of amides is 1. The largest absolute Gasteiger partial charge is 0.326 e. The molecule has 0 aliphatic carbocycles. The zero-order chi connectivity index (χ0) is 19.1. The Bertz CT molecular complexity index is 884. The molecule has 1 atom stereocenters. The minimum Gasteiger partial charge on any atom is -0.326 e. The van der Waals surface area contributed by atoms with Gasteiger partial charge in [0, 0.05) is 21.9 Å². The van der Waals surface area contributed by atoms with Crippen LogP contribution in [0.15, 0.2) is 88.7 Å². The molecule has 0 aliphatic rings. The Labute approximate surface area is 167 Å². The summed E-state index contributed by atoms with van der Waals surface area (Å²) >= 11 is 3.21. The topological polar surface area (TPSA) is 29.1 Å². The number of nitrogens with one attached hydrogen (secondary N) is 1. The van der Waals surface area contributed by atoms with Crippen molar-refractivity contribution in [1.29, 1.82) is 0 Å². The van der Waals surface area contributed by atoms with E-state index in [-0.39, 0.29) is 16.3 Å². The number of aryl methyl sites for hydroxylation is 1. The third-order valence-corrected chi connectivity index (χ3v) is 6.27. The summed E-state index contributed by atoms with van der Waals surface area (Å²) in [5.41, 5.74) is 1.90. The van der Waals surface area contributed by atoms with Gasteiger partial charge in [0.25, 0.3) is 0 Å². The Kier molecular flexibility index (Phi) is 6.96. The van der Waals surface area contributed by atoms with Crippen molar-refractivity contribution in [3.63, 3.8) is 0 Å². The van der Waals surface area contributed by atoms with Crippen LogP contribution in [0.2, 0.25) is 0 Å². The predicted molar refractivity (Wildman–Crippen MR) is 113 cm³/mol. The molecule has 1 N–H and O–H groups in total. The van der Waals surface area contributed by atoms with Crippen molar-refractivity contribution in [2.75, 3.05) is 5.32 Å². The normalized spacial score (nSPS) is 11.8. The number of carbonyl (C=O) groups excluding carboxylic acids is 1. The maximum Gasteiger partial charge on any atom is 0.226 e. The van der Waals surface area contributed by atoms with Crippen LogP contribution in [0.1, 0.15) is 12.0 Å². The molecule has 0 saturated heterocycles. The smallest absolute Gasteiger partial charge is 0.226 e. The Balaban J connectivity index is 1.70. The highest BCUT2D eigenvalue weighted by Gasteiger charge is 2.17. The predicted octanol–water partition coefficient (Wildman–Crippen LogP) is 6.37. The molecule has 1 unspecified atom stereocenters. The van der Waals surface area contributed by atoms with Gasteiger partial charge in [-0.15, -0.1) is 23.5 Å². The molecule has 1 amide bonds. The molecule has 3 aromatic rings. The van der Waals surface area contributed by atoms with E-state index in [1.54, 1.807) is 35.7 Å². The zero-order valence-electron chi connectivity index (χ0n) is 14.9. The van der Waals surface area contributed by atoms with Crippen LogP contribution in [0.5, 0.6) is 0 Å². The molecule has 0 heterocycles. The summed E-state index contributed by atoms with van der Waals surface area (Å²) < 4.78 is 13.2. The number of thioether (sulfide) groups is 2. The summed E-state index contributed by atoms with van der Waals surface area (Å²) in [7, 11) is 0.